The van der Waals surface area contributed by atoms with Crippen molar-refractivity contribution in [2.24, 2.45) is 0 Å². The molecular formula is C15H30N2O3. The highest BCUT2D eigenvalue weighted by Gasteiger charge is 2.24. The summed E-state index contributed by atoms with van der Waals surface area (Å²) >= 11 is 0. The van der Waals surface area contributed by atoms with E-state index in [9.17, 15) is 9.59 Å². The van der Waals surface area contributed by atoms with Crippen molar-refractivity contribution in [1.82, 2.24) is 10.2 Å². The van der Waals surface area contributed by atoms with Gasteiger partial charge in [-0.1, -0.05) is 26.7 Å². The Kier molecular flexibility index (Phi) is 9.01. The van der Waals surface area contributed by atoms with Gasteiger partial charge in [0.1, 0.15) is 0 Å². The minimum Gasteiger partial charge on any atom is -0.481 e. The average molecular weight is 286 g/mol. The summed E-state index contributed by atoms with van der Waals surface area (Å²) in [5, 5.41) is 11.7. The predicted molar refractivity (Wildman–Crippen MR) is 80.9 cm³/mol. The van der Waals surface area contributed by atoms with Gasteiger partial charge in [0, 0.05) is 25.0 Å². The lowest BCUT2D eigenvalue weighted by molar-refractivity contribution is -0.137. The molecule has 0 saturated carbocycles. The second kappa shape index (κ2) is 9.61. The van der Waals surface area contributed by atoms with Crippen LogP contribution in [-0.4, -0.2) is 40.6 Å². The largest absolute Gasteiger partial charge is 0.481 e. The van der Waals surface area contributed by atoms with Gasteiger partial charge >= 0.3 is 12.0 Å². The number of amides is 2. The summed E-state index contributed by atoms with van der Waals surface area (Å²) < 4.78 is 0. The van der Waals surface area contributed by atoms with E-state index in [1.165, 1.54) is 0 Å². The third kappa shape index (κ3) is 8.77. The molecule has 0 aromatic carbocycles. The van der Waals surface area contributed by atoms with Crippen LogP contribution in [0.25, 0.3) is 0 Å². The van der Waals surface area contributed by atoms with Gasteiger partial charge in [-0.3, -0.25) is 4.79 Å². The van der Waals surface area contributed by atoms with Crippen LogP contribution in [0.3, 0.4) is 0 Å². The molecule has 2 amide bonds. The molecular weight excluding hydrogens is 256 g/mol. The first-order valence-corrected chi connectivity index (χ1v) is 7.61. The number of carbonyl (C=O) groups excluding carboxylic acids is 1. The Morgan fingerprint density at radius 2 is 1.60 bits per heavy atom. The molecule has 2 N–H and O–H groups in total. The Morgan fingerprint density at radius 3 is 2.00 bits per heavy atom. The zero-order valence-corrected chi connectivity index (χ0v) is 13.4. The second-order valence-corrected chi connectivity index (χ2v) is 5.90. The van der Waals surface area contributed by atoms with Crippen molar-refractivity contribution >= 4 is 12.0 Å². The third-order valence-electron chi connectivity index (χ3n) is 3.26. The number of unbranched alkanes of at least 4 members (excludes halogenated alkanes) is 2. The number of carbonyl (C=O) groups is 2. The van der Waals surface area contributed by atoms with Gasteiger partial charge in [-0.15, -0.1) is 0 Å². The molecule has 0 unspecified atom stereocenters. The van der Waals surface area contributed by atoms with Gasteiger partial charge in [0.05, 0.1) is 0 Å². The maximum absolute atomic E-state index is 12.3. The van der Waals surface area contributed by atoms with Crippen LogP contribution >= 0.6 is 0 Å². The van der Waals surface area contributed by atoms with Gasteiger partial charge in [0.15, 0.2) is 0 Å². The highest BCUT2D eigenvalue weighted by atomic mass is 16.4. The fraction of sp³-hybridized carbons (Fsp3) is 0.867. The van der Waals surface area contributed by atoms with Crippen molar-refractivity contribution < 1.29 is 14.7 Å². The SMILES string of the molecule is CCCCN(CCCC)C(=O)NC(C)(C)CCC(=O)O. The van der Waals surface area contributed by atoms with E-state index in [4.69, 9.17) is 5.11 Å². The molecule has 0 radical (unpaired) electrons. The molecule has 0 fully saturated rings. The molecule has 0 atom stereocenters. The molecule has 0 aromatic heterocycles. The van der Waals surface area contributed by atoms with E-state index in [-0.39, 0.29) is 12.5 Å². The minimum atomic E-state index is -0.832. The van der Waals surface area contributed by atoms with Gasteiger partial charge in [0.25, 0.3) is 0 Å². The van der Waals surface area contributed by atoms with Crippen molar-refractivity contribution in [3.63, 3.8) is 0 Å². The highest BCUT2D eigenvalue weighted by molar-refractivity contribution is 5.75. The quantitative estimate of drug-likeness (QED) is 0.647. The van der Waals surface area contributed by atoms with Gasteiger partial charge in [-0.25, -0.2) is 4.79 Å². The molecule has 0 rings (SSSR count). The Morgan fingerprint density at radius 1 is 1.10 bits per heavy atom. The van der Waals surface area contributed by atoms with E-state index in [2.05, 4.69) is 19.2 Å². The molecule has 0 aliphatic rings. The van der Waals surface area contributed by atoms with E-state index in [0.29, 0.717) is 6.42 Å². The zero-order valence-electron chi connectivity index (χ0n) is 13.4. The minimum absolute atomic E-state index is 0.0667. The molecule has 5 heteroatoms. The van der Waals surface area contributed by atoms with Crippen LogP contribution in [0.5, 0.6) is 0 Å². The van der Waals surface area contributed by atoms with Gasteiger partial charge < -0.3 is 15.3 Å². The molecule has 0 heterocycles. The second-order valence-electron chi connectivity index (χ2n) is 5.90. The Labute approximate surface area is 122 Å². The topological polar surface area (TPSA) is 69.6 Å². The highest BCUT2D eigenvalue weighted by Crippen LogP contribution is 2.12. The number of hydrogen-bond acceptors (Lipinski definition) is 2. The molecule has 0 bridgehead atoms. The van der Waals surface area contributed by atoms with E-state index in [0.717, 1.165) is 38.8 Å². The van der Waals surface area contributed by atoms with Gasteiger partial charge in [-0.2, -0.15) is 0 Å². The average Bonchev–Trinajstić information content (AvgIpc) is 2.36. The Bertz CT molecular complexity index is 295. The summed E-state index contributed by atoms with van der Waals surface area (Å²) in [5.74, 6) is -0.832. The first kappa shape index (κ1) is 18.7. The van der Waals surface area contributed by atoms with Crippen molar-refractivity contribution in [2.75, 3.05) is 13.1 Å². The third-order valence-corrected chi connectivity index (χ3v) is 3.26. The van der Waals surface area contributed by atoms with Crippen LogP contribution in [0.4, 0.5) is 4.79 Å². The monoisotopic (exact) mass is 286 g/mol. The maximum atomic E-state index is 12.3. The number of carboxylic acid groups (broad SMARTS) is 1. The number of aliphatic carboxylic acids is 1. The van der Waals surface area contributed by atoms with Crippen molar-refractivity contribution in [3.8, 4) is 0 Å². The summed E-state index contributed by atoms with van der Waals surface area (Å²) in [6, 6.07) is -0.0812. The molecule has 0 aromatic rings. The lowest BCUT2D eigenvalue weighted by atomic mass is 9.99. The van der Waals surface area contributed by atoms with Gasteiger partial charge in [-0.05, 0) is 33.1 Å². The first-order valence-electron chi connectivity index (χ1n) is 7.61. The fourth-order valence-corrected chi connectivity index (χ4v) is 1.86. The number of nitrogens with zero attached hydrogens (tertiary/aromatic N) is 1. The normalized spacial score (nSPS) is 11.2. The van der Waals surface area contributed by atoms with Crippen LogP contribution in [-0.2, 0) is 4.79 Å². The van der Waals surface area contributed by atoms with E-state index >= 15 is 0 Å². The molecule has 0 aliphatic heterocycles. The molecule has 20 heavy (non-hydrogen) atoms. The van der Waals surface area contributed by atoms with Crippen LogP contribution in [0.2, 0.25) is 0 Å². The predicted octanol–water partition coefficient (Wildman–Crippen LogP) is 3.24. The molecule has 118 valence electrons. The summed E-state index contributed by atoms with van der Waals surface area (Å²) in [6.07, 6.45) is 4.59. The number of hydrogen-bond donors (Lipinski definition) is 2. The maximum Gasteiger partial charge on any atom is 0.317 e. The Balaban J connectivity index is 4.43. The lowest BCUT2D eigenvalue weighted by Crippen LogP contribution is -2.50. The summed E-state index contributed by atoms with van der Waals surface area (Å²) in [4.78, 5) is 24.8. The number of urea groups is 1. The lowest BCUT2D eigenvalue weighted by Gasteiger charge is -2.31. The Hall–Kier alpha value is -1.26. The van der Waals surface area contributed by atoms with Crippen LogP contribution in [0, 0.1) is 0 Å². The van der Waals surface area contributed by atoms with Crippen molar-refractivity contribution in [2.45, 2.75) is 71.8 Å². The molecule has 0 aliphatic carbocycles. The standard InChI is InChI=1S/C15H30N2O3/c1-5-7-11-17(12-8-6-2)14(20)16-15(3,4)10-9-13(18)19/h5-12H2,1-4H3,(H,16,20)(H,18,19). The smallest absolute Gasteiger partial charge is 0.317 e. The first-order chi connectivity index (χ1) is 9.32. The summed E-state index contributed by atoms with van der Waals surface area (Å²) in [6.45, 7) is 9.46. The number of carboxylic acids is 1. The fourth-order valence-electron chi connectivity index (χ4n) is 1.86. The van der Waals surface area contributed by atoms with Crippen LogP contribution in [0.15, 0.2) is 0 Å². The van der Waals surface area contributed by atoms with E-state index in [1.807, 2.05) is 18.7 Å². The van der Waals surface area contributed by atoms with E-state index < -0.39 is 11.5 Å². The zero-order chi connectivity index (χ0) is 15.6. The summed E-state index contributed by atoms with van der Waals surface area (Å²) in [5.41, 5.74) is -0.494. The number of rotatable bonds is 10. The van der Waals surface area contributed by atoms with Crippen molar-refractivity contribution in [3.05, 3.63) is 0 Å². The number of nitrogens with one attached hydrogen (secondary N) is 1. The van der Waals surface area contributed by atoms with Crippen LogP contribution in [0.1, 0.15) is 66.2 Å². The van der Waals surface area contributed by atoms with E-state index in [1.54, 1.807) is 0 Å². The molecule has 0 saturated heterocycles. The van der Waals surface area contributed by atoms with Gasteiger partial charge in [0.2, 0.25) is 0 Å². The van der Waals surface area contributed by atoms with Crippen LogP contribution < -0.4 is 5.32 Å². The molecule has 0 spiro atoms. The summed E-state index contributed by atoms with van der Waals surface area (Å²) in [7, 11) is 0. The molecule has 5 nitrogen and oxygen atoms in total. The van der Waals surface area contributed by atoms with Crippen molar-refractivity contribution in [1.29, 1.82) is 0 Å².